The first kappa shape index (κ1) is 14.3. The molecule has 0 spiro atoms. The Hall–Kier alpha value is -2.14. The minimum Gasteiger partial charge on any atom is -0.508 e. The largest absolute Gasteiger partial charge is 0.508 e. The topological polar surface area (TPSA) is 66.8 Å². The number of thioether (sulfide) groups is 1. The van der Waals surface area contributed by atoms with Crippen LogP contribution in [-0.4, -0.2) is 23.3 Å². The van der Waals surface area contributed by atoms with Gasteiger partial charge in [-0.2, -0.15) is 0 Å². The highest BCUT2D eigenvalue weighted by molar-refractivity contribution is 8.00. The molecule has 0 amide bonds. The summed E-state index contributed by atoms with van der Waals surface area (Å²) in [5.74, 6) is -0.0635. The zero-order valence-electron chi connectivity index (χ0n) is 10.8. The number of methoxy groups -OCH3 is 1. The van der Waals surface area contributed by atoms with Crippen LogP contribution in [0.2, 0.25) is 0 Å². The van der Waals surface area contributed by atoms with Crippen molar-refractivity contribution in [1.29, 1.82) is 0 Å². The fraction of sp³-hybridized carbons (Fsp3) is 0.133. The monoisotopic (exact) mass is 290 g/mol. The van der Waals surface area contributed by atoms with Gasteiger partial charge in [0.05, 0.1) is 7.11 Å². The minimum absolute atomic E-state index is 0.158. The van der Waals surface area contributed by atoms with Gasteiger partial charge in [-0.05, 0) is 42.0 Å². The number of aliphatic carboxylic acids is 1. The fourth-order valence-electron chi connectivity index (χ4n) is 1.70. The molecule has 2 aromatic carbocycles. The predicted octanol–water partition coefficient (Wildman–Crippen LogP) is 3.32. The SMILES string of the molecule is COc1ccc(C(Sc2ccc(O)cc2)C(=O)O)cc1. The average molecular weight is 290 g/mol. The van der Waals surface area contributed by atoms with Gasteiger partial charge < -0.3 is 14.9 Å². The van der Waals surface area contributed by atoms with Gasteiger partial charge in [0.25, 0.3) is 0 Å². The van der Waals surface area contributed by atoms with Crippen molar-refractivity contribution >= 4 is 17.7 Å². The van der Waals surface area contributed by atoms with Crippen LogP contribution < -0.4 is 4.74 Å². The van der Waals surface area contributed by atoms with Crippen molar-refractivity contribution in [2.75, 3.05) is 7.11 Å². The molecule has 0 radical (unpaired) electrons. The molecule has 0 aliphatic rings. The predicted molar refractivity (Wildman–Crippen MR) is 77.3 cm³/mol. The molecule has 2 rings (SSSR count). The third kappa shape index (κ3) is 3.45. The molecule has 104 valence electrons. The highest BCUT2D eigenvalue weighted by atomic mass is 32.2. The van der Waals surface area contributed by atoms with E-state index in [9.17, 15) is 15.0 Å². The molecule has 0 bridgehead atoms. The zero-order chi connectivity index (χ0) is 14.5. The lowest BCUT2D eigenvalue weighted by molar-refractivity contribution is -0.136. The quantitative estimate of drug-likeness (QED) is 0.827. The molecule has 0 heterocycles. The molecule has 0 saturated carbocycles. The number of phenolic OH excluding ortho intramolecular Hbond substituents is 1. The van der Waals surface area contributed by atoms with E-state index in [1.807, 2.05) is 0 Å². The van der Waals surface area contributed by atoms with E-state index in [4.69, 9.17) is 4.74 Å². The van der Waals surface area contributed by atoms with Crippen LogP contribution in [0.5, 0.6) is 11.5 Å². The number of carbonyl (C=O) groups is 1. The van der Waals surface area contributed by atoms with Crippen LogP contribution in [0.4, 0.5) is 0 Å². The highest BCUT2D eigenvalue weighted by Gasteiger charge is 2.21. The Morgan fingerprint density at radius 1 is 1.10 bits per heavy atom. The molecule has 1 unspecified atom stereocenters. The maximum Gasteiger partial charge on any atom is 0.321 e. The van der Waals surface area contributed by atoms with Gasteiger partial charge in [0.15, 0.2) is 0 Å². The van der Waals surface area contributed by atoms with E-state index in [-0.39, 0.29) is 5.75 Å². The summed E-state index contributed by atoms with van der Waals surface area (Å²) in [6.45, 7) is 0. The molecule has 4 nitrogen and oxygen atoms in total. The average Bonchev–Trinajstić information content (AvgIpc) is 2.46. The molecule has 5 heteroatoms. The van der Waals surface area contributed by atoms with Crippen molar-refractivity contribution in [3.63, 3.8) is 0 Å². The Bertz CT molecular complexity index is 578. The molecule has 0 saturated heterocycles. The summed E-state index contributed by atoms with van der Waals surface area (Å²) in [7, 11) is 1.56. The Labute approximate surface area is 121 Å². The molecule has 0 aliphatic carbocycles. The lowest BCUT2D eigenvalue weighted by Crippen LogP contribution is -2.07. The number of benzene rings is 2. The summed E-state index contributed by atoms with van der Waals surface area (Å²) in [5, 5.41) is 17.9. The van der Waals surface area contributed by atoms with Crippen molar-refractivity contribution < 1.29 is 19.7 Å². The number of aromatic hydroxyl groups is 1. The van der Waals surface area contributed by atoms with Crippen LogP contribution in [0.25, 0.3) is 0 Å². The standard InChI is InChI=1S/C15H14O4S/c1-19-12-6-2-10(3-7-12)14(15(17)18)20-13-8-4-11(16)5-9-13/h2-9,14,16H,1H3,(H,17,18). The third-order valence-electron chi connectivity index (χ3n) is 2.73. The van der Waals surface area contributed by atoms with Gasteiger partial charge in [-0.1, -0.05) is 12.1 Å². The van der Waals surface area contributed by atoms with Crippen molar-refractivity contribution in [1.82, 2.24) is 0 Å². The summed E-state index contributed by atoms with van der Waals surface area (Å²) >= 11 is 1.22. The molecule has 2 N–H and O–H groups in total. The Balaban J connectivity index is 2.22. The van der Waals surface area contributed by atoms with Crippen LogP contribution in [0.1, 0.15) is 10.8 Å². The fourth-order valence-corrected chi connectivity index (χ4v) is 2.66. The van der Waals surface area contributed by atoms with E-state index in [0.717, 1.165) is 4.90 Å². The Morgan fingerprint density at radius 3 is 2.20 bits per heavy atom. The molecule has 0 aliphatic heterocycles. The zero-order valence-corrected chi connectivity index (χ0v) is 11.6. The van der Waals surface area contributed by atoms with E-state index in [1.165, 1.54) is 23.9 Å². The van der Waals surface area contributed by atoms with Crippen molar-refractivity contribution in [2.45, 2.75) is 10.1 Å². The van der Waals surface area contributed by atoms with Crippen LogP contribution in [0.3, 0.4) is 0 Å². The molecular formula is C15H14O4S. The first-order valence-electron chi connectivity index (χ1n) is 5.92. The number of phenols is 1. The van der Waals surface area contributed by atoms with Gasteiger partial charge in [-0.3, -0.25) is 4.79 Å². The summed E-state index contributed by atoms with van der Waals surface area (Å²) in [4.78, 5) is 12.2. The second-order valence-corrected chi connectivity index (χ2v) is 5.28. The van der Waals surface area contributed by atoms with E-state index < -0.39 is 11.2 Å². The number of rotatable bonds is 5. The second-order valence-electron chi connectivity index (χ2n) is 4.10. The first-order chi connectivity index (χ1) is 9.60. The maximum absolute atomic E-state index is 11.4. The molecule has 0 fully saturated rings. The van der Waals surface area contributed by atoms with Gasteiger partial charge in [0, 0.05) is 4.90 Å². The minimum atomic E-state index is -0.909. The van der Waals surface area contributed by atoms with E-state index in [2.05, 4.69) is 0 Å². The lowest BCUT2D eigenvalue weighted by Gasteiger charge is -2.13. The molecular weight excluding hydrogens is 276 g/mol. The number of carboxylic acids is 1. The van der Waals surface area contributed by atoms with Gasteiger partial charge in [-0.15, -0.1) is 11.8 Å². The number of hydrogen-bond acceptors (Lipinski definition) is 4. The van der Waals surface area contributed by atoms with Crippen molar-refractivity contribution in [3.8, 4) is 11.5 Å². The summed E-state index contributed by atoms with van der Waals surface area (Å²) in [6.07, 6.45) is 0. The highest BCUT2D eigenvalue weighted by Crippen LogP contribution is 2.36. The number of ether oxygens (including phenoxy) is 1. The van der Waals surface area contributed by atoms with Gasteiger partial charge in [0.2, 0.25) is 0 Å². The lowest BCUT2D eigenvalue weighted by atomic mass is 10.1. The number of carboxylic acid groups (broad SMARTS) is 1. The Kier molecular flexibility index (Phi) is 4.53. The van der Waals surface area contributed by atoms with Crippen molar-refractivity contribution in [3.05, 3.63) is 54.1 Å². The van der Waals surface area contributed by atoms with Crippen LogP contribution >= 0.6 is 11.8 Å². The molecule has 20 heavy (non-hydrogen) atoms. The summed E-state index contributed by atoms with van der Waals surface area (Å²) < 4.78 is 5.06. The number of hydrogen-bond donors (Lipinski definition) is 2. The summed E-state index contributed by atoms with van der Waals surface area (Å²) in [5.41, 5.74) is 0.691. The van der Waals surface area contributed by atoms with Crippen LogP contribution in [0.15, 0.2) is 53.4 Å². The maximum atomic E-state index is 11.4. The van der Waals surface area contributed by atoms with E-state index in [0.29, 0.717) is 11.3 Å². The van der Waals surface area contributed by atoms with E-state index in [1.54, 1.807) is 43.5 Å². The van der Waals surface area contributed by atoms with Gasteiger partial charge in [0.1, 0.15) is 16.7 Å². The summed E-state index contributed by atoms with van der Waals surface area (Å²) in [6, 6.07) is 13.4. The van der Waals surface area contributed by atoms with Gasteiger partial charge >= 0.3 is 5.97 Å². The van der Waals surface area contributed by atoms with Crippen LogP contribution in [0, 0.1) is 0 Å². The van der Waals surface area contributed by atoms with Crippen molar-refractivity contribution in [2.24, 2.45) is 0 Å². The molecule has 2 aromatic rings. The first-order valence-corrected chi connectivity index (χ1v) is 6.80. The third-order valence-corrected chi connectivity index (χ3v) is 3.99. The second kappa shape index (κ2) is 6.34. The normalized spacial score (nSPS) is 11.8. The van der Waals surface area contributed by atoms with Crippen LogP contribution in [-0.2, 0) is 4.79 Å². The smallest absolute Gasteiger partial charge is 0.321 e. The Morgan fingerprint density at radius 2 is 1.70 bits per heavy atom. The molecule has 1 atom stereocenters. The molecule has 0 aromatic heterocycles. The van der Waals surface area contributed by atoms with Gasteiger partial charge in [-0.25, -0.2) is 0 Å². The van der Waals surface area contributed by atoms with E-state index >= 15 is 0 Å².